The molecule has 0 fully saturated rings. The van der Waals surface area contributed by atoms with Crippen molar-refractivity contribution in [2.24, 2.45) is 0 Å². The number of halogens is 2. The molecule has 0 aliphatic rings. The van der Waals surface area contributed by atoms with Crippen molar-refractivity contribution in [2.45, 2.75) is 6.61 Å². The van der Waals surface area contributed by atoms with E-state index >= 15 is 0 Å². The Morgan fingerprint density at radius 2 is 2.25 bits per heavy atom. The van der Waals surface area contributed by atoms with E-state index in [0.29, 0.717) is 5.75 Å². The first-order valence-electron chi connectivity index (χ1n) is 3.31. The van der Waals surface area contributed by atoms with Gasteiger partial charge in [-0.25, -0.2) is 4.39 Å². The van der Waals surface area contributed by atoms with E-state index in [1.165, 1.54) is 19.2 Å². The number of methoxy groups -OCH3 is 1. The molecule has 4 heteroatoms. The Kier molecular flexibility index (Phi) is 2.89. The highest BCUT2D eigenvalue weighted by atomic mass is 35.5. The first kappa shape index (κ1) is 9.29. The summed E-state index contributed by atoms with van der Waals surface area (Å²) in [6.07, 6.45) is 0. The van der Waals surface area contributed by atoms with E-state index in [9.17, 15) is 4.39 Å². The molecule has 0 amide bonds. The third kappa shape index (κ3) is 1.68. The average molecular weight is 191 g/mol. The summed E-state index contributed by atoms with van der Waals surface area (Å²) in [6, 6.07) is 2.76. The molecule has 0 aliphatic heterocycles. The van der Waals surface area contributed by atoms with Crippen molar-refractivity contribution in [1.82, 2.24) is 0 Å². The van der Waals surface area contributed by atoms with Gasteiger partial charge in [-0.3, -0.25) is 0 Å². The van der Waals surface area contributed by atoms with Crippen LogP contribution in [0.15, 0.2) is 12.1 Å². The number of hydrogen-bond acceptors (Lipinski definition) is 2. The minimum Gasteiger partial charge on any atom is -0.497 e. The Morgan fingerprint density at radius 1 is 1.58 bits per heavy atom. The van der Waals surface area contributed by atoms with Crippen LogP contribution in [0.2, 0.25) is 5.02 Å². The molecule has 0 unspecified atom stereocenters. The molecule has 1 aromatic carbocycles. The standard InChI is InChI=1S/C8H8ClFO2/c1-12-6-2-5(4-11)8(10)7(9)3-6/h2-3,11H,4H2,1H3. The van der Waals surface area contributed by atoms with Gasteiger partial charge in [0.25, 0.3) is 0 Å². The number of ether oxygens (including phenoxy) is 1. The van der Waals surface area contributed by atoms with Crippen LogP contribution in [0.25, 0.3) is 0 Å². The highest BCUT2D eigenvalue weighted by molar-refractivity contribution is 6.30. The summed E-state index contributed by atoms with van der Waals surface area (Å²) in [5.74, 6) is -0.162. The van der Waals surface area contributed by atoms with Crippen molar-refractivity contribution in [3.8, 4) is 5.75 Å². The van der Waals surface area contributed by atoms with Gasteiger partial charge in [0.2, 0.25) is 0 Å². The van der Waals surface area contributed by atoms with Crippen LogP contribution in [-0.2, 0) is 6.61 Å². The van der Waals surface area contributed by atoms with Crippen LogP contribution in [-0.4, -0.2) is 12.2 Å². The van der Waals surface area contributed by atoms with Gasteiger partial charge < -0.3 is 9.84 Å². The second-order valence-electron chi connectivity index (χ2n) is 2.24. The fourth-order valence-electron chi connectivity index (χ4n) is 0.851. The smallest absolute Gasteiger partial charge is 0.147 e. The van der Waals surface area contributed by atoms with Crippen LogP contribution in [0.1, 0.15) is 5.56 Å². The summed E-state index contributed by atoms with van der Waals surface area (Å²) in [7, 11) is 1.45. The first-order chi connectivity index (χ1) is 5.69. The van der Waals surface area contributed by atoms with Crippen molar-refractivity contribution in [1.29, 1.82) is 0 Å². The van der Waals surface area contributed by atoms with Crippen LogP contribution in [0.3, 0.4) is 0 Å². The predicted molar refractivity (Wildman–Crippen MR) is 43.9 cm³/mol. The molecule has 0 aromatic heterocycles. The van der Waals surface area contributed by atoms with E-state index in [2.05, 4.69) is 0 Å². The molecule has 12 heavy (non-hydrogen) atoms. The molecule has 1 N–H and O–H groups in total. The largest absolute Gasteiger partial charge is 0.497 e. The monoisotopic (exact) mass is 190 g/mol. The van der Waals surface area contributed by atoms with Gasteiger partial charge in [0.15, 0.2) is 0 Å². The quantitative estimate of drug-likeness (QED) is 0.773. The second kappa shape index (κ2) is 3.74. The zero-order valence-corrected chi connectivity index (χ0v) is 7.23. The van der Waals surface area contributed by atoms with Crippen molar-refractivity contribution in [3.63, 3.8) is 0 Å². The molecule has 2 nitrogen and oxygen atoms in total. The van der Waals surface area contributed by atoms with E-state index in [4.69, 9.17) is 21.4 Å². The third-order valence-electron chi connectivity index (χ3n) is 1.48. The Morgan fingerprint density at radius 3 is 2.75 bits per heavy atom. The topological polar surface area (TPSA) is 29.5 Å². The molecular weight excluding hydrogens is 183 g/mol. The third-order valence-corrected chi connectivity index (χ3v) is 1.76. The zero-order valence-electron chi connectivity index (χ0n) is 6.47. The van der Waals surface area contributed by atoms with E-state index in [1.54, 1.807) is 0 Å². The van der Waals surface area contributed by atoms with Gasteiger partial charge in [0.05, 0.1) is 18.7 Å². The highest BCUT2D eigenvalue weighted by Crippen LogP contribution is 2.24. The molecule has 0 spiro atoms. The average Bonchev–Trinajstić information content (AvgIpc) is 2.09. The lowest BCUT2D eigenvalue weighted by Gasteiger charge is -2.04. The molecule has 0 saturated carbocycles. The van der Waals surface area contributed by atoms with Crippen LogP contribution in [0.4, 0.5) is 4.39 Å². The number of benzene rings is 1. The van der Waals surface area contributed by atoms with Crippen LogP contribution in [0.5, 0.6) is 5.75 Å². The number of rotatable bonds is 2. The lowest BCUT2D eigenvalue weighted by atomic mass is 10.2. The first-order valence-corrected chi connectivity index (χ1v) is 3.69. The molecule has 0 radical (unpaired) electrons. The lowest BCUT2D eigenvalue weighted by molar-refractivity contribution is 0.274. The van der Waals surface area contributed by atoms with Gasteiger partial charge in [-0.05, 0) is 6.07 Å². The van der Waals surface area contributed by atoms with Crippen molar-refractivity contribution < 1.29 is 14.2 Å². The summed E-state index contributed by atoms with van der Waals surface area (Å²) in [5, 5.41) is 8.67. The Hall–Kier alpha value is -0.800. The van der Waals surface area contributed by atoms with Crippen LogP contribution in [0, 0.1) is 5.82 Å². The Bertz CT molecular complexity index is 289. The molecule has 0 saturated heterocycles. The Balaban J connectivity index is 3.19. The second-order valence-corrected chi connectivity index (χ2v) is 2.65. The minimum absolute atomic E-state index is 0.0431. The fraction of sp³-hybridized carbons (Fsp3) is 0.250. The lowest BCUT2D eigenvalue weighted by Crippen LogP contribution is -1.93. The molecule has 1 rings (SSSR count). The van der Waals surface area contributed by atoms with Crippen LogP contribution < -0.4 is 4.74 Å². The van der Waals surface area contributed by atoms with Crippen molar-refractivity contribution in [2.75, 3.05) is 7.11 Å². The molecule has 0 atom stereocenters. The SMILES string of the molecule is COc1cc(Cl)c(F)c(CO)c1. The molecular formula is C8H8ClFO2. The van der Waals surface area contributed by atoms with Gasteiger partial charge in [0, 0.05) is 11.6 Å². The summed E-state index contributed by atoms with van der Waals surface area (Å²) >= 11 is 5.51. The van der Waals surface area contributed by atoms with Gasteiger partial charge in [-0.15, -0.1) is 0 Å². The molecule has 1 aromatic rings. The van der Waals surface area contributed by atoms with Crippen molar-refractivity contribution >= 4 is 11.6 Å². The maximum absolute atomic E-state index is 13.0. The zero-order chi connectivity index (χ0) is 9.14. The van der Waals surface area contributed by atoms with E-state index in [1.807, 2.05) is 0 Å². The van der Waals surface area contributed by atoms with E-state index < -0.39 is 5.82 Å². The minimum atomic E-state index is -0.597. The maximum Gasteiger partial charge on any atom is 0.147 e. The Labute approximate surface area is 74.5 Å². The molecule has 0 heterocycles. The van der Waals surface area contributed by atoms with Gasteiger partial charge in [-0.1, -0.05) is 11.6 Å². The van der Waals surface area contributed by atoms with Gasteiger partial charge in [-0.2, -0.15) is 0 Å². The maximum atomic E-state index is 13.0. The van der Waals surface area contributed by atoms with E-state index in [0.717, 1.165) is 0 Å². The molecule has 0 aliphatic carbocycles. The number of aliphatic hydroxyl groups excluding tert-OH is 1. The van der Waals surface area contributed by atoms with E-state index in [-0.39, 0.29) is 17.2 Å². The van der Waals surface area contributed by atoms with Crippen LogP contribution >= 0.6 is 11.6 Å². The van der Waals surface area contributed by atoms with Gasteiger partial charge in [0.1, 0.15) is 11.6 Å². The summed E-state index contributed by atoms with van der Waals surface area (Å²) in [5.41, 5.74) is 0.138. The summed E-state index contributed by atoms with van der Waals surface area (Å²) in [4.78, 5) is 0. The summed E-state index contributed by atoms with van der Waals surface area (Å²) in [6.45, 7) is -0.386. The number of aliphatic hydroxyl groups is 1. The van der Waals surface area contributed by atoms with Gasteiger partial charge >= 0.3 is 0 Å². The molecule has 66 valence electrons. The van der Waals surface area contributed by atoms with Crippen molar-refractivity contribution in [3.05, 3.63) is 28.5 Å². The highest BCUT2D eigenvalue weighted by Gasteiger charge is 2.08. The normalized spacial score (nSPS) is 10.0. The predicted octanol–water partition coefficient (Wildman–Crippen LogP) is 1.98. The fourth-order valence-corrected chi connectivity index (χ4v) is 1.08. The summed E-state index contributed by atoms with van der Waals surface area (Å²) < 4.78 is 17.8. The molecule has 0 bridgehead atoms. The number of hydrogen-bond donors (Lipinski definition) is 1.